The lowest BCUT2D eigenvalue weighted by Gasteiger charge is -2.32. The Kier molecular flexibility index (Phi) is 6.96. The normalized spacial score (nSPS) is 17.1. The molecule has 1 aromatic heterocycles. The van der Waals surface area contributed by atoms with Gasteiger partial charge in [0.25, 0.3) is 11.8 Å². The lowest BCUT2D eigenvalue weighted by Crippen LogP contribution is -2.47. The first kappa shape index (κ1) is 26.9. The van der Waals surface area contributed by atoms with E-state index in [1.54, 1.807) is 12.1 Å². The predicted molar refractivity (Wildman–Crippen MR) is 153 cm³/mol. The van der Waals surface area contributed by atoms with Crippen LogP contribution in [0.5, 0.6) is 0 Å². The van der Waals surface area contributed by atoms with E-state index >= 15 is 0 Å². The molecule has 0 spiro atoms. The molecule has 39 heavy (non-hydrogen) atoms. The SMILES string of the molecule is Cc1[nH]c(/C=C2\C(=O)Nc3ccc(S(=O)(=O)N(C)C)cc32)c(C)c1-c1cccc(C(=O)N2CCN(C)CC2)c1. The first-order valence-corrected chi connectivity index (χ1v) is 14.3. The fraction of sp³-hybridized carbons (Fsp3) is 0.310. The van der Waals surface area contributed by atoms with Crippen molar-refractivity contribution in [3.8, 4) is 11.1 Å². The number of hydrogen-bond acceptors (Lipinski definition) is 5. The monoisotopic (exact) mass is 547 g/mol. The van der Waals surface area contributed by atoms with Gasteiger partial charge >= 0.3 is 0 Å². The number of nitrogens with zero attached hydrogens (tertiary/aromatic N) is 3. The second-order valence-electron chi connectivity index (χ2n) is 10.3. The number of hydrogen-bond donors (Lipinski definition) is 2. The Hall–Kier alpha value is -3.73. The number of likely N-dealkylation sites (N-methyl/N-ethyl adjacent to an activating group) is 1. The molecule has 0 unspecified atom stereocenters. The fourth-order valence-electron chi connectivity index (χ4n) is 5.18. The minimum absolute atomic E-state index is 0.0286. The van der Waals surface area contributed by atoms with Crippen LogP contribution in [0, 0.1) is 13.8 Å². The van der Waals surface area contributed by atoms with Crippen molar-refractivity contribution in [3.63, 3.8) is 0 Å². The molecule has 2 N–H and O–H groups in total. The highest BCUT2D eigenvalue weighted by molar-refractivity contribution is 7.89. The molecule has 3 heterocycles. The topological polar surface area (TPSA) is 106 Å². The molecule has 0 saturated carbocycles. The van der Waals surface area contributed by atoms with Crippen LogP contribution in [0.1, 0.15) is 32.9 Å². The molecule has 10 heteroatoms. The smallest absolute Gasteiger partial charge is 0.256 e. The van der Waals surface area contributed by atoms with Gasteiger partial charge in [-0.1, -0.05) is 12.1 Å². The summed E-state index contributed by atoms with van der Waals surface area (Å²) in [6.45, 7) is 7.07. The summed E-state index contributed by atoms with van der Waals surface area (Å²) >= 11 is 0. The number of benzene rings is 2. The highest BCUT2D eigenvalue weighted by Crippen LogP contribution is 2.37. The number of aryl methyl sites for hydroxylation is 1. The summed E-state index contributed by atoms with van der Waals surface area (Å²) in [5, 5.41) is 2.83. The van der Waals surface area contributed by atoms with Gasteiger partial charge in [-0.15, -0.1) is 0 Å². The van der Waals surface area contributed by atoms with Crippen molar-refractivity contribution < 1.29 is 18.0 Å². The van der Waals surface area contributed by atoms with E-state index in [0.29, 0.717) is 35.5 Å². The zero-order valence-corrected chi connectivity index (χ0v) is 23.6. The third-order valence-corrected chi connectivity index (χ3v) is 9.32. The Balaban J connectivity index is 1.50. The summed E-state index contributed by atoms with van der Waals surface area (Å²) in [5.41, 5.74) is 6.62. The molecule has 1 fully saturated rings. The number of aromatic nitrogens is 1. The Labute approximate surface area is 229 Å². The van der Waals surface area contributed by atoms with E-state index in [4.69, 9.17) is 0 Å². The summed E-state index contributed by atoms with van der Waals surface area (Å²) in [6.07, 6.45) is 1.76. The molecule has 0 atom stereocenters. The maximum Gasteiger partial charge on any atom is 0.256 e. The van der Waals surface area contributed by atoms with Crippen LogP contribution in [0.3, 0.4) is 0 Å². The molecule has 0 aliphatic carbocycles. The molecular weight excluding hydrogens is 514 g/mol. The van der Waals surface area contributed by atoms with Gasteiger partial charge in [-0.2, -0.15) is 0 Å². The van der Waals surface area contributed by atoms with E-state index < -0.39 is 10.0 Å². The van der Waals surface area contributed by atoms with Gasteiger partial charge in [0.15, 0.2) is 0 Å². The summed E-state index contributed by atoms with van der Waals surface area (Å²) in [7, 11) is 1.36. The van der Waals surface area contributed by atoms with Crippen LogP contribution in [0.25, 0.3) is 22.8 Å². The Morgan fingerprint density at radius 1 is 1.03 bits per heavy atom. The third kappa shape index (κ3) is 4.91. The molecular formula is C29H33N5O4S. The minimum atomic E-state index is -3.66. The predicted octanol–water partition coefficient (Wildman–Crippen LogP) is 3.43. The number of carbonyl (C=O) groups is 2. The highest BCUT2D eigenvalue weighted by Gasteiger charge is 2.28. The van der Waals surface area contributed by atoms with Gasteiger partial charge in [-0.05, 0) is 68.4 Å². The van der Waals surface area contributed by atoms with Crippen molar-refractivity contribution in [2.75, 3.05) is 52.6 Å². The number of fused-ring (bicyclic) bond motifs is 1. The Morgan fingerprint density at radius 3 is 2.44 bits per heavy atom. The van der Waals surface area contributed by atoms with Crippen molar-refractivity contribution >= 4 is 39.2 Å². The number of anilines is 1. The number of rotatable bonds is 5. The molecule has 5 rings (SSSR count). The number of sulfonamides is 1. The first-order valence-electron chi connectivity index (χ1n) is 12.8. The van der Waals surface area contributed by atoms with E-state index in [9.17, 15) is 18.0 Å². The zero-order valence-electron chi connectivity index (χ0n) is 22.8. The van der Waals surface area contributed by atoms with Crippen LogP contribution in [0.15, 0.2) is 47.4 Å². The standard InChI is InChI=1S/C29H33N5O4S/c1-18-26(17-24-23-16-22(39(37,38)32(3)4)9-10-25(23)31-28(24)35)30-19(2)27(18)20-7-6-8-21(15-20)29(36)34-13-11-33(5)12-14-34/h6-10,15-17,30H,11-14H2,1-5H3,(H,31,35)/b24-17-. The molecule has 204 valence electrons. The maximum atomic E-state index is 13.2. The number of carbonyl (C=O) groups excluding carboxylic acids is 2. The molecule has 2 aliphatic heterocycles. The van der Waals surface area contributed by atoms with Crippen LogP contribution >= 0.6 is 0 Å². The maximum absolute atomic E-state index is 13.2. The Bertz CT molecular complexity index is 1610. The molecule has 2 aromatic carbocycles. The average molecular weight is 548 g/mol. The molecule has 2 aliphatic rings. The lowest BCUT2D eigenvalue weighted by molar-refractivity contribution is -0.110. The molecule has 0 bridgehead atoms. The Morgan fingerprint density at radius 2 is 1.74 bits per heavy atom. The van der Waals surface area contributed by atoms with Gasteiger partial charge in [0, 0.05) is 74.0 Å². The average Bonchev–Trinajstić information content (AvgIpc) is 3.37. The fourth-order valence-corrected chi connectivity index (χ4v) is 6.11. The van der Waals surface area contributed by atoms with Gasteiger partial charge in [-0.25, -0.2) is 12.7 Å². The van der Waals surface area contributed by atoms with E-state index in [-0.39, 0.29) is 16.7 Å². The van der Waals surface area contributed by atoms with E-state index in [0.717, 1.165) is 45.5 Å². The van der Waals surface area contributed by atoms with Crippen molar-refractivity contribution in [3.05, 3.63) is 70.5 Å². The molecule has 3 aromatic rings. The van der Waals surface area contributed by atoms with E-state index in [2.05, 4.69) is 22.2 Å². The zero-order chi connectivity index (χ0) is 28.1. The van der Waals surface area contributed by atoms with E-state index in [1.807, 2.05) is 43.0 Å². The quantitative estimate of drug-likeness (QED) is 0.476. The summed E-state index contributed by atoms with van der Waals surface area (Å²) in [6, 6.07) is 12.3. The van der Waals surface area contributed by atoms with Gasteiger partial charge < -0.3 is 20.1 Å². The van der Waals surface area contributed by atoms with Crippen LogP contribution in [-0.2, 0) is 14.8 Å². The molecule has 9 nitrogen and oxygen atoms in total. The minimum Gasteiger partial charge on any atom is -0.358 e. The largest absolute Gasteiger partial charge is 0.358 e. The van der Waals surface area contributed by atoms with Gasteiger partial charge in [0.1, 0.15) is 0 Å². The van der Waals surface area contributed by atoms with Crippen LogP contribution < -0.4 is 5.32 Å². The van der Waals surface area contributed by atoms with Gasteiger partial charge in [-0.3, -0.25) is 9.59 Å². The van der Waals surface area contributed by atoms with Crippen molar-refractivity contribution in [1.82, 2.24) is 19.1 Å². The van der Waals surface area contributed by atoms with Crippen molar-refractivity contribution in [2.24, 2.45) is 0 Å². The second-order valence-corrected chi connectivity index (χ2v) is 12.5. The molecule has 1 saturated heterocycles. The lowest BCUT2D eigenvalue weighted by atomic mass is 9.98. The summed E-state index contributed by atoms with van der Waals surface area (Å²) < 4.78 is 26.5. The van der Waals surface area contributed by atoms with Gasteiger partial charge in [0.2, 0.25) is 10.0 Å². The van der Waals surface area contributed by atoms with Crippen LogP contribution in [-0.4, -0.2) is 86.6 Å². The van der Waals surface area contributed by atoms with E-state index in [1.165, 1.54) is 26.2 Å². The third-order valence-electron chi connectivity index (χ3n) is 7.51. The summed E-state index contributed by atoms with van der Waals surface area (Å²) in [5.74, 6) is -0.266. The molecule has 0 radical (unpaired) electrons. The highest BCUT2D eigenvalue weighted by atomic mass is 32.2. The number of piperazine rings is 1. The molecule has 2 amide bonds. The van der Waals surface area contributed by atoms with Gasteiger partial charge in [0.05, 0.1) is 10.5 Å². The van der Waals surface area contributed by atoms with Crippen LogP contribution in [0.4, 0.5) is 5.69 Å². The second kappa shape index (κ2) is 10.1. The number of amides is 2. The number of aromatic amines is 1. The number of nitrogens with one attached hydrogen (secondary N) is 2. The van der Waals surface area contributed by atoms with Crippen LogP contribution in [0.2, 0.25) is 0 Å². The number of H-pyrrole nitrogens is 1. The first-order chi connectivity index (χ1) is 18.5. The van der Waals surface area contributed by atoms with Crippen molar-refractivity contribution in [1.29, 1.82) is 0 Å². The summed E-state index contributed by atoms with van der Waals surface area (Å²) in [4.78, 5) is 33.7. The van der Waals surface area contributed by atoms with Crippen molar-refractivity contribution in [2.45, 2.75) is 18.7 Å².